The van der Waals surface area contributed by atoms with E-state index in [0.717, 1.165) is 12.1 Å². The van der Waals surface area contributed by atoms with Crippen molar-refractivity contribution in [3.63, 3.8) is 0 Å². The zero-order valence-electron chi connectivity index (χ0n) is 18.8. The molecule has 0 saturated carbocycles. The molecule has 1 aliphatic heterocycles. The van der Waals surface area contributed by atoms with Crippen LogP contribution in [0.1, 0.15) is 30.0 Å². The normalized spacial score (nSPS) is 17.9. The highest BCUT2D eigenvalue weighted by Crippen LogP contribution is 2.39. The molecule has 1 saturated heterocycles. The number of hydrogen-bond acceptors (Lipinski definition) is 4. The van der Waals surface area contributed by atoms with E-state index >= 15 is 8.78 Å². The number of methoxy groups -OCH3 is 1. The standard InChI is InChI=1S/C26H21F2N3O3/c1-26(19-11-12-29-22(15-19)34-3)16-23(32)31(25(33)30(26)2)24-20(27)13-18(14-21(24)28)10-9-17-7-5-4-6-8-17/h4-8,11-15H,16H2,1-3H3. The summed E-state index contributed by atoms with van der Waals surface area (Å²) in [4.78, 5) is 32.1. The van der Waals surface area contributed by atoms with Crippen molar-refractivity contribution in [1.29, 1.82) is 0 Å². The first kappa shape index (κ1) is 22.9. The van der Waals surface area contributed by atoms with Crippen molar-refractivity contribution in [1.82, 2.24) is 9.88 Å². The number of ether oxygens (including phenoxy) is 1. The Morgan fingerprint density at radius 3 is 2.29 bits per heavy atom. The second-order valence-electron chi connectivity index (χ2n) is 8.01. The Balaban J connectivity index is 1.67. The van der Waals surface area contributed by atoms with Crippen molar-refractivity contribution >= 4 is 17.6 Å². The predicted molar refractivity (Wildman–Crippen MR) is 122 cm³/mol. The molecule has 0 aliphatic carbocycles. The van der Waals surface area contributed by atoms with Gasteiger partial charge in [-0.1, -0.05) is 30.0 Å². The van der Waals surface area contributed by atoms with E-state index in [4.69, 9.17) is 4.74 Å². The molecule has 0 spiro atoms. The van der Waals surface area contributed by atoms with E-state index in [-0.39, 0.29) is 12.0 Å². The third-order valence-corrected chi connectivity index (χ3v) is 5.89. The molecule has 4 rings (SSSR count). The molecule has 1 unspecified atom stereocenters. The molecule has 8 heteroatoms. The van der Waals surface area contributed by atoms with E-state index in [0.29, 0.717) is 21.9 Å². The molecule has 6 nitrogen and oxygen atoms in total. The maximum absolute atomic E-state index is 15.0. The van der Waals surface area contributed by atoms with Crippen LogP contribution in [-0.2, 0) is 10.3 Å². The van der Waals surface area contributed by atoms with Gasteiger partial charge in [0.15, 0.2) is 11.6 Å². The highest BCUT2D eigenvalue weighted by Gasteiger charge is 2.47. The summed E-state index contributed by atoms with van der Waals surface area (Å²) in [5.41, 5.74) is -0.407. The third-order valence-electron chi connectivity index (χ3n) is 5.89. The smallest absolute Gasteiger partial charge is 0.332 e. The molecule has 172 valence electrons. The summed E-state index contributed by atoms with van der Waals surface area (Å²) < 4.78 is 35.2. The summed E-state index contributed by atoms with van der Waals surface area (Å²) in [7, 11) is 2.93. The van der Waals surface area contributed by atoms with E-state index in [2.05, 4.69) is 16.8 Å². The van der Waals surface area contributed by atoms with Crippen LogP contribution in [-0.4, -0.2) is 36.0 Å². The van der Waals surface area contributed by atoms with Gasteiger partial charge in [-0.3, -0.25) is 4.79 Å². The lowest BCUT2D eigenvalue weighted by Crippen LogP contribution is -2.60. The summed E-state index contributed by atoms with van der Waals surface area (Å²) in [5, 5.41) is 0. The lowest BCUT2D eigenvalue weighted by Gasteiger charge is -2.45. The molecule has 1 aliphatic rings. The van der Waals surface area contributed by atoms with Gasteiger partial charge in [0.2, 0.25) is 11.8 Å². The first-order valence-corrected chi connectivity index (χ1v) is 10.4. The number of urea groups is 1. The molecule has 34 heavy (non-hydrogen) atoms. The molecule has 2 aromatic carbocycles. The van der Waals surface area contributed by atoms with Crippen LogP contribution < -0.4 is 9.64 Å². The van der Waals surface area contributed by atoms with Crippen molar-refractivity contribution in [3.05, 3.63) is 89.1 Å². The van der Waals surface area contributed by atoms with E-state index in [9.17, 15) is 9.59 Å². The highest BCUT2D eigenvalue weighted by atomic mass is 19.1. The highest BCUT2D eigenvalue weighted by molar-refractivity contribution is 6.16. The number of amides is 3. The van der Waals surface area contributed by atoms with E-state index in [1.807, 2.05) is 6.07 Å². The van der Waals surface area contributed by atoms with E-state index in [1.165, 1.54) is 25.3 Å². The number of rotatable bonds is 3. The molecule has 2 heterocycles. The van der Waals surface area contributed by atoms with Crippen LogP contribution in [0.25, 0.3) is 0 Å². The van der Waals surface area contributed by atoms with Gasteiger partial charge in [-0.2, -0.15) is 0 Å². The number of nitrogens with zero attached hydrogens (tertiary/aromatic N) is 3. The van der Waals surface area contributed by atoms with Gasteiger partial charge >= 0.3 is 6.03 Å². The molecule has 0 N–H and O–H groups in total. The third kappa shape index (κ3) is 4.08. The van der Waals surface area contributed by atoms with Crippen molar-refractivity contribution in [2.45, 2.75) is 18.9 Å². The van der Waals surface area contributed by atoms with Gasteiger partial charge in [0, 0.05) is 30.4 Å². The van der Waals surface area contributed by atoms with Crippen LogP contribution in [0.2, 0.25) is 0 Å². The van der Waals surface area contributed by atoms with Crippen molar-refractivity contribution in [3.8, 4) is 17.7 Å². The van der Waals surface area contributed by atoms with Crippen LogP contribution in [0, 0.1) is 23.5 Å². The molecular formula is C26H21F2N3O3. The zero-order valence-corrected chi connectivity index (χ0v) is 18.8. The Hall–Kier alpha value is -4.25. The van der Waals surface area contributed by atoms with Crippen LogP contribution in [0.3, 0.4) is 0 Å². The first-order valence-electron chi connectivity index (χ1n) is 10.4. The summed E-state index contributed by atoms with van der Waals surface area (Å²) in [5.74, 6) is 3.00. The fraction of sp³-hybridized carbons (Fsp3) is 0.192. The zero-order chi connectivity index (χ0) is 24.5. The largest absolute Gasteiger partial charge is 0.481 e. The van der Waals surface area contributed by atoms with Crippen LogP contribution in [0.15, 0.2) is 60.8 Å². The Morgan fingerprint density at radius 1 is 1.00 bits per heavy atom. The van der Waals surface area contributed by atoms with Crippen molar-refractivity contribution < 1.29 is 23.1 Å². The minimum Gasteiger partial charge on any atom is -0.481 e. The van der Waals surface area contributed by atoms with Gasteiger partial charge in [0.05, 0.1) is 19.1 Å². The molecule has 1 aromatic heterocycles. The molecule has 0 bridgehead atoms. The Labute approximate surface area is 195 Å². The van der Waals surface area contributed by atoms with Gasteiger partial charge in [-0.25, -0.2) is 23.5 Å². The molecule has 1 fully saturated rings. The number of imide groups is 1. The summed E-state index contributed by atoms with van der Waals surface area (Å²) in [6.45, 7) is 1.70. The number of benzene rings is 2. The van der Waals surface area contributed by atoms with Gasteiger partial charge in [0.25, 0.3) is 0 Å². The molecule has 3 amide bonds. The minimum absolute atomic E-state index is 0.0848. The van der Waals surface area contributed by atoms with Crippen molar-refractivity contribution in [2.75, 3.05) is 19.1 Å². The van der Waals surface area contributed by atoms with E-state index in [1.54, 1.807) is 43.3 Å². The molecular weight excluding hydrogens is 440 g/mol. The fourth-order valence-corrected chi connectivity index (χ4v) is 3.85. The van der Waals surface area contributed by atoms with Gasteiger partial charge < -0.3 is 9.64 Å². The Kier molecular flexibility index (Phi) is 6.03. The maximum Gasteiger partial charge on any atom is 0.332 e. The quantitative estimate of drug-likeness (QED) is 0.540. The number of carbonyl (C=O) groups excluding carboxylic acids is 2. The summed E-state index contributed by atoms with van der Waals surface area (Å²) >= 11 is 0. The molecule has 0 radical (unpaired) electrons. The second kappa shape index (κ2) is 8.94. The van der Waals surface area contributed by atoms with Gasteiger partial charge in [-0.15, -0.1) is 0 Å². The average molecular weight is 461 g/mol. The topological polar surface area (TPSA) is 62.7 Å². The monoisotopic (exact) mass is 461 g/mol. The number of hydrogen-bond donors (Lipinski definition) is 0. The van der Waals surface area contributed by atoms with Crippen LogP contribution in [0.4, 0.5) is 19.3 Å². The molecule has 1 atom stereocenters. The minimum atomic E-state index is -1.06. The fourth-order valence-electron chi connectivity index (χ4n) is 3.85. The predicted octanol–water partition coefficient (Wildman–Crippen LogP) is 4.47. The first-order chi connectivity index (χ1) is 16.2. The Morgan fingerprint density at radius 2 is 1.65 bits per heavy atom. The van der Waals surface area contributed by atoms with Crippen molar-refractivity contribution in [2.24, 2.45) is 0 Å². The lowest BCUT2D eigenvalue weighted by atomic mass is 9.85. The summed E-state index contributed by atoms with van der Waals surface area (Å²) in [6, 6.07) is 13.4. The number of aromatic nitrogens is 1. The average Bonchev–Trinajstić information content (AvgIpc) is 2.83. The SMILES string of the molecule is COc1cc(C2(C)CC(=O)N(c3c(F)cc(C#Cc4ccccc4)cc3F)C(=O)N2C)ccn1. The lowest BCUT2D eigenvalue weighted by molar-refractivity contribution is -0.122. The number of halogens is 2. The molecule has 3 aromatic rings. The number of anilines is 1. The Bertz CT molecular complexity index is 1310. The second-order valence-corrected chi connectivity index (χ2v) is 8.01. The van der Waals surface area contributed by atoms with Crippen LogP contribution in [0.5, 0.6) is 5.88 Å². The maximum atomic E-state index is 15.0. The van der Waals surface area contributed by atoms with Gasteiger partial charge in [-0.05, 0) is 42.8 Å². The van der Waals surface area contributed by atoms with Crippen LogP contribution >= 0.6 is 0 Å². The number of carbonyl (C=O) groups is 2. The van der Waals surface area contributed by atoms with E-state index < -0.39 is 34.8 Å². The summed E-state index contributed by atoms with van der Waals surface area (Å²) in [6.07, 6.45) is 1.31. The van der Waals surface area contributed by atoms with Gasteiger partial charge in [0.1, 0.15) is 5.69 Å². The number of pyridine rings is 1.